The van der Waals surface area contributed by atoms with Crippen LogP contribution in [-0.4, -0.2) is 13.4 Å². The molecule has 0 aliphatic carbocycles. The highest BCUT2D eigenvalue weighted by atomic mass is 32.2. The van der Waals surface area contributed by atoms with E-state index in [0.29, 0.717) is 16.5 Å². The third kappa shape index (κ3) is 4.86. The average Bonchev–Trinajstić information content (AvgIpc) is 2.74. The molecule has 0 atom stereocenters. The number of hydrogen-bond donors (Lipinski definition) is 1. The maximum atomic E-state index is 13.1. The Kier molecular flexibility index (Phi) is 7.72. The maximum Gasteiger partial charge on any atom is 0.249 e. The van der Waals surface area contributed by atoms with Crippen LogP contribution in [0.1, 0.15) is 26.3 Å². The van der Waals surface area contributed by atoms with Crippen LogP contribution in [0.25, 0.3) is 22.0 Å². The molecule has 0 aliphatic rings. The minimum atomic E-state index is -3.70. The van der Waals surface area contributed by atoms with Gasteiger partial charge in [0.05, 0.1) is 9.80 Å². The van der Waals surface area contributed by atoms with E-state index >= 15 is 0 Å². The summed E-state index contributed by atoms with van der Waals surface area (Å²) in [5.74, 6) is 0. The SMILES string of the molecule is C=C/C=C\C(=C/C)S(=O)(=O)c1ccc2[nH]c(=O)cc(-c3cccc(C)c3)c2c1.CC. The number of aromatic nitrogens is 1. The second-order valence-corrected chi connectivity index (χ2v) is 8.36. The number of sulfone groups is 1. The van der Waals surface area contributed by atoms with E-state index in [4.69, 9.17) is 0 Å². The number of nitrogens with one attached hydrogen (secondary N) is 1. The van der Waals surface area contributed by atoms with Gasteiger partial charge in [-0.1, -0.05) is 68.5 Å². The zero-order valence-electron chi connectivity index (χ0n) is 17.8. The minimum Gasteiger partial charge on any atom is -0.322 e. The fraction of sp³-hybridized carbons (Fsp3) is 0.160. The van der Waals surface area contributed by atoms with Crippen LogP contribution in [0.4, 0.5) is 0 Å². The summed E-state index contributed by atoms with van der Waals surface area (Å²) >= 11 is 0. The lowest BCUT2D eigenvalue weighted by molar-refractivity contribution is 0.603. The third-order valence-electron chi connectivity index (χ3n) is 4.45. The van der Waals surface area contributed by atoms with Crippen molar-refractivity contribution in [3.05, 3.63) is 100 Å². The van der Waals surface area contributed by atoms with Gasteiger partial charge >= 0.3 is 0 Å². The predicted molar refractivity (Wildman–Crippen MR) is 126 cm³/mol. The number of H-pyrrole nitrogens is 1. The van der Waals surface area contributed by atoms with Gasteiger partial charge in [0.2, 0.25) is 15.4 Å². The van der Waals surface area contributed by atoms with E-state index in [1.807, 2.05) is 45.0 Å². The first kappa shape index (κ1) is 23.1. The molecule has 1 heterocycles. The van der Waals surface area contributed by atoms with Crippen LogP contribution < -0.4 is 5.56 Å². The molecule has 1 aromatic heterocycles. The van der Waals surface area contributed by atoms with Crippen molar-refractivity contribution in [3.8, 4) is 11.1 Å². The molecule has 0 fully saturated rings. The van der Waals surface area contributed by atoms with Crippen LogP contribution in [0.5, 0.6) is 0 Å². The molecule has 0 saturated carbocycles. The van der Waals surface area contributed by atoms with E-state index in [1.165, 1.54) is 24.3 Å². The van der Waals surface area contributed by atoms with Crippen LogP contribution in [0, 0.1) is 6.92 Å². The van der Waals surface area contributed by atoms with Crippen molar-refractivity contribution in [3.63, 3.8) is 0 Å². The van der Waals surface area contributed by atoms with Gasteiger partial charge in [-0.15, -0.1) is 0 Å². The Labute approximate surface area is 178 Å². The molecule has 156 valence electrons. The number of aryl methyl sites for hydroxylation is 1. The Morgan fingerprint density at radius 3 is 2.43 bits per heavy atom. The molecule has 0 aliphatic heterocycles. The molecule has 3 aromatic rings. The molecule has 5 heteroatoms. The number of hydrogen-bond acceptors (Lipinski definition) is 3. The van der Waals surface area contributed by atoms with E-state index in [0.717, 1.165) is 11.1 Å². The molecule has 0 radical (unpaired) electrons. The van der Waals surface area contributed by atoms with Crippen LogP contribution in [-0.2, 0) is 9.84 Å². The maximum absolute atomic E-state index is 13.1. The van der Waals surface area contributed by atoms with Gasteiger partial charge < -0.3 is 4.98 Å². The summed E-state index contributed by atoms with van der Waals surface area (Å²) < 4.78 is 26.1. The number of rotatable bonds is 5. The summed E-state index contributed by atoms with van der Waals surface area (Å²) in [6.07, 6.45) is 6.18. The zero-order chi connectivity index (χ0) is 22.3. The van der Waals surface area contributed by atoms with Gasteiger partial charge in [-0.25, -0.2) is 8.42 Å². The molecular formula is C25H27NO3S. The van der Waals surface area contributed by atoms with Crippen LogP contribution in [0.2, 0.25) is 0 Å². The average molecular weight is 422 g/mol. The van der Waals surface area contributed by atoms with Crippen LogP contribution >= 0.6 is 0 Å². The first-order valence-electron chi connectivity index (χ1n) is 9.81. The lowest BCUT2D eigenvalue weighted by Gasteiger charge is -2.10. The van der Waals surface area contributed by atoms with E-state index in [1.54, 1.807) is 31.2 Å². The molecule has 2 aromatic carbocycles. The zero-order valence-corrected chi connectivity index (χ0v) is 18.6. The lowest BCUT2D eigenvalue weighted by atomic mass is 10.00. The lowest BCUT2D eigenvalue weighted by Crippen LogP contribution is -2.07. The summed E-state index contributed by atoms with van der Waals surface area (Å²) in [4.78, 5) is 15.3. The summed E-state index contributed by atoms with van der Waals surface area (Å²) in [5.41, 5.74) is 2.97. The molecule has 1 N–H and O–H groups in total. The van der Waals surface area contributed by atoms with Crippen molar-refractivity contribution in [2.45, 2.75) is 32.6 Å². The van der Waals surface area contributed by atoms with Gasteiger partial charge in [0.25, 0.3) is 0 Å². The Balaban J connectivity index is 0.00000155. The monoisotopic (exact) mass is 421 g/mol. The van der Waals surface area contributed by atoms with Crippen molar-refractivity contribution < 1.29 is 8.42 Å². The quantitative estimate of drug-likeness (QED) is 0.518. The second kappa shape index (κ2) is 10.0. The van der Waals surface area contributed by atoms with E-state index in [9.17, 15) is 13.2 Å². The van der Waals surface area contributed by atoms with Crippen molar-refractivity contribution in [2.24, 2.45) is 0 Å². The van der Waals surface area contributed by atoms with Gasteiger partial charge in [-0.3, -0.25) is 4.79 Å². The molecule has 0 spiro atoms. The molecule has 0 saturated heterocycles. The number of fused-ring (bicyclic) bond motifs is 1. The Morgan fingerprint density at radius 1 is 1.07 bits per heavy atom. The van der Waals surface area contributed by atoms with Gasteiger partial charge in [0.15, 0.2) is 0 Å². The normalized spacial score (nSPS) is 11.9. The summed E-state index contributed by atoms with van der Waals surface area (Å²) in [7, 11) is -3.70. The predicted octanol–water partition coefficient (Wildman–Crippen LogP) is 5.95. The third-order valence-corrected chi connectivity index (χ3v) is 6.31. The van der Waals surface area contributed by atoms with Gasteiger partial charge in [0, 0.05) is 17.0 Å². The van der Waals surface area contributed by atoms with Crippen molar-refractivity contribution >= 4 is 20.7 Å². The fourth-order valence-electron chi connectivity index (χ4n) is 3.09. The molecule has 4 nitrogen and oxygen atoms in total. The standard InChI is InChI=1S/C23H21NO3S.C2H6/c1-4-6-10-18(5-2)28(26,27)19-11-12-22-21(14-19)20(15-23(25)24-22)17-9-7-8-16(3)13-17;1-2/h4-15H,1H2,2-3H3,(H,24,25);1-2H3/b10-6-,18-5+;. The van der Waals surface area contributed by atoms with Gasteiger partial charge in [0.1, 0.15) is 0 Å². The van der Waals surface area contributed by atoms with E-state index < -0.39 is 9.84 Å². The van der Waals surface area contributed by atoms with Gasteiger partial charge in [-0.2, -0.15) is 0 Å². The van der Waals surface area contributed by atoms with Crippen molar-refractivity contribution in [1.82, 2.24) is 4.98 Å². The smallest absolute Gasteiger partial charge is 0.249 e. The number of allylic oxidation sites excluding steroid dienone is 4. The van der Waals surface area contributed by atoms with Crippen molar-refractivity contribution in [1.29, 1.82) is 0 Å². The molecule has 0 amide bonds. The molecule has 30 heavy (non-hydrogen) atoms. The highest BCUT2D eigenvalue weighted by Crippen LogP contribution is 2.30. The summed E-state index contributed by atoms with van der Waals surface area (Å²) in [6, 6.07) is 14.0. The second-order valence-electron chi connectivity index (χ2n) is 6.41. The molecular weight excluding hydrogens is 394 g/mol. The van der Waals surface area contributed by atoms with Crippen LogP contribution in [0.15, 0.2) is 94.0 Å². The number of aromatic amines is 1. The highest BCUT2D eigenvalue weighted by molar-refractivity contribution is 7.95. The first-order chi connectivity index (χ1) is 14.4. The van der Waals surface area contributed by atoms with Crippen LogP contribution in [0.3, 0.4) is 0 Å². The minimum absolute atomic E-state index is 0.169. The molecule has 0 unspecified atom stereocenters. The summed E-state index contributed by atoms with van der Waals surface area (Å²) in [5, 5.41) is 0.675. The van der Waals surface area contributed by atoms with E-state index in [-0.39, 0.29) is 15.4 Å². The Bertz CT molecular complexity index is 1280. The highest BCUT2D eigenvalue weighted by Gasteiger charge is 2.19. The molecule has 0 bridgehead atoms. The van der Waals surface area contributed by atoms with Crippen molar-refractivity contribution in [2.75, 3.05) is 0 Å². The number of benzene rings is 2. The summed E-state index contributed by atoms with van der Waals surface area (Å²) in [6.45, 7) is 11.2. The Morgan fingerprint density at radius 2 is 1.80 bits per heavy atom. The number of pyridine rings is 1. The first-order valence-corrected chi connectivity index (χ1v) is 11.3. The molecule has 3 rings (SSSR count). The van der Waals surface area contributed by atoms with Gasteiger partial charge in [-0.05, 0) is 49.2 Å². The largest absolute Gasteiger partial charge is 0.322 e. The van der Waals surface area contributed by atoms with E-state index in [2.05, 4.69) is 11.6 Å². The fourth-order valence-corrected chi connectivity index (χ4v) is 4.45. The Hall–Kier alpha value is -3.18. The topological polar surface area (TPSA) is 67.0 Å².